The van der Waals surface area contributed by atoms with Crippen LogP contribution in [-0.4, -0.2) is 6.61 Å². The molecule has 120 valence electrons. The van der Waals surface area contributed by atoms with Gasteiger partial charge in [-0.2, -0.15) is 5.26 Å². The minimum absolute atomic E-state index is 0.0528. The summed E-state index contributed by atoms with van der Waals surface area (Å²) in [6, 6.07) is 16.8. The van der Waals surface area contributed by atoms with Crippen molar-refractivity contribution in [3.8, 4) is 22.9 Å². The zero-order valence-electron chi connectivity index (χ0n) is 13.2. The maximum absolute atomic E-state index is 12.6. The zero-order chi connectivity index (χ0) is 16.8. The quantitative estimate of drug-likeness (QED) is 0.626. The normalized spacial score (nSPS) is 10.5. The van der Waals surface area contributed by atoms with Gasteiger partial charge in [-0.25, -0.2) is 0 Å². The maximum atomic E-state index is 12.6. The summed E-state index contributed by atoms with van der Waals surface area (Å²) in [7, 11) is 0. The molecule has 2 aromatic carbocycles. The van der Waals surface area contributed by atoms with E-state index in [1.165, 1.54) is 6.26 Å². The minimum atomic E-state index is -0.0528. The number of rotatable bonds is 6. The van der Waals surface area contributed by atoms with Crippen molar-refractivity contribution in [2.75, 3.05) is 6.61 Å². The van der Waals surface area contributed by atoms with Crippen molar-refractivity contribution in [1.82, 2.24) is 0 Å². The second-order valence-corrected chi connectivity index (χ2v) is 5.47. The molecule has 0 radical (unpaired) electrons. The number of fused-ring (bicyclic) bond motifs is 1. The molecule has 0 aliphatic carbocycles. The lowest BCUT2D eigenvalue weighted by Crippen LogP contribution is -2.05. The molecule has 0 aliphatic heterocycles. The van der Waals surface area contributed by atoms with Gasteiger partial charge in [0, 0.05) is 12.5 Å². The van der Waals surface area contributed by atoms with E-state index < -0.39 is 0 Å². The molecular weight excluding hydrogens is 302 g/mol. The maximum Gasteiger partial charge on any atom is 0.200 e. The van der Waals surface area contributed by atoms with Gasteiger partial charge in [-0.1, -0.05) is 30.3 Å². The van der Waals surface area contributed by atoms with Gasteiger partial charge in [-0.05, 0) is 30.5 Å². The molecule has 4 nitrogen and oxygen atoms in total. The molecule has 0 unspecified atom stereocenters. The van der Waals surface area contributed by atoms with Crippen molar-refractivity contribution in [3.05, 3.63) is 65.0 Å². The molecule has 0 spiro atoms. The van der Waals surface area contributed by atoms with E-state index in [2.05, 4.69) is 6.07 Å². The van der Waals surface area contributed by atoms with Crippen LogP contribution in [0.3, 0.4) is 0 Å². The van der Waals surface area contributed by atoms with Gasteiger partial charge in [0.1, 0.15) is 17.6 Å². The van der Waals surface area contributed by atoms with Crippen molar-refractivity contribution < 1.29 is 9.15 Å². The van der Waals surface area contributed by atoms with E-state index in [-0.39, 0.29) is 5.43 Å². The Bertz CT molecular complexity index is 923. The topological polar surface area (TPSA) is 63.2 Å². The van der Waals surface area contributed by atoms with Crippen LogP contribution in [0.4, 0.5) is 0 Å². The molecule has 3 rings (SSSR count). The number of benzene rings is 2. The highest BCUT2D eigenvalue weighted by molar-refractivity contribution is 5.82. The van der Waals surface area contributed by atoms with E-state index in [0.717, 1.165) is 18.4 Å². The fourth-order valence-electron chi connectivity index (χ4n) is 2.51. The summed E-state index contributed by atoms with van der Waals surface area (Å²) in [4.78, 5) is 12.6. The molecule has 24 heavy (non-hydrogen) atoms. The molecule has 0 atom stereocenters. The average Bonchev–Trinajstić information content (AvgIpc) is 2.62. The third-order valence-electron chi connectivity index (χ3n) is 3.78. The highest BCUT2D eigenvalue weighted by atomic mass is 16.5. The van der Waals surface area contributed by atoms with Gasteiger partial charge in [0.15, 0.2) is 5.43 Å². The first-order valence-electron chi connectivity index (χ1n) is 7.90. The number of ether oxygens (including phenoxy) is 1. The van der Waals surface area contributed by atoms with E-state index in [4.69, 9.17) is 14.4 Å². The van der Waals surface area contributed by atoms with Crippen LogP contribution in [0.5, 0.6) is 5.75 Å². The molecule has 0 aliphatic rings. The van der Waals surface area contributed by atoms with Gasteiger partial charge in [0.05, 0.1) is 23.6 Å². The SMILES string of the molecule is N#CCCCCOc1ccc2c(=O)c(-c3ccccc3)coc2c1. The van der Waals surface area contributed by atoms with Crippen molar-refractivity contribution >= 4 is 11.0 Å². The largest absolute Gasteiger partial charge is 0.493 e. The Labute approximate surface area is 139 Å². The van der Waals surface area contributed by atoms with Gasteiger partial charge >= 0.3 is 0 Å². The number of unbranched alkanes of at least 4 members (excludes halogenated alkanes) is 2. The Morgan fingerprint density at radius 1 is 1.08 bits per heavy atom. The van der Waals surface area contributed by atoms with Crippen LogP contribution in [0.2, 0.25) is 0 Å². The van der Waals surface area contributed by atoms with E-state index in [1.807, 2.05) is 30.3 Å². The van der Waals surface area contributed by atoms with E-state index in [1.54, 1.807) is 18.2 Å². The highest BCUT2D eigenvalue weighted by Crippen LogP contribution is 2.23. The Balaban J connectivity index is 1.82. The second kappa shape index (κ2) is 7.47. The monoisotopic (exact) mass is 319 g/mol. The van der Waals surface area contributed by atoms with E-state index >= 15 is 0 Å². The fourth-order valence-corrected chi connectivity index (χ4v) is 2.51. The lowest BCUT2D eigenvalue weighted by molar-refractivity contribution is 0.307. The Hall–Kier alpha value is -3.06. The summed E-state index contributed by atoms with van der Waals surface area (Å²) >= 11 is 0. The van der Waals surface area contributed by atoms with Crippen molar-refractivity contribution in [3.63, 3.8) is 0 Å². The molecule has 0 N–H and O–H groups in total. The number of hydrogen-bond donors (Lipinski definition) is 0. The number of nitrogens with zero attached hydrogens (tertiary/aromatic N) is 1. The molecular formula is C20H17NO3. The predicted molar refractivity (Wildman–Crippen MR) is 92.9 cm³/mol. The van der Waals surface area contributed by atoms with Crippen molar-refractivity contribution in [2.24, 2.45) is 0 Å². The molecule has 0 saturated heterocycles. The first kappa shape index (κ1) is 15.8. The van der Waals surface area contributed by atoms with Gasteiger partial charge in [0.2, 0.25) is 0 Å². The Morgan fingerprint density at radius 3 is 2.71 bits per heavy atom. The summed E-state index contributed by atoms with van der Waals surface area (Å²) in [5, 5.41) is 9.03. The lowest BCUT2D eigenvalue weighted by atomic mass is 10.1. The van der Waals surface area contributed by atoms with Crippen molar-refractivity contribution in [2.45, 2.75) is 19.3 Å². The molecule has 0 amide bonds. The summed E-state index contributed by atoms with van der Waals surface area (Å²) in [6.45, 7) is 0.541. The Morgan fingerprint density at radius 2 is 1.92 bits per heavy atom. The molecule has 0 bridgehead atoms. The molecule has 3 aromatic rings. The first-order valence-corrected chi connectivity index (χ1v) is 7.90. The number of hydrogen-bond acceptors (Lipinski definition) is 4. The van der Waals surface area contributed by atoms with Crippen LogP contribution < -0.4 is 10.2 Å². The Kier molecular flexibility index (Phi) is 4.93. The third kappa shape index (κ3) is 3.47. The third-order valence-corrected chi connectivity index (χ3v) is 3.78. The number of nitriles is 1. The molecule has 1 heterocycles. The van der Waals surface area contributed by atoms with E-state index in [0.29, 0.717) is 35.3 Å². The van der Waals surface area contributed by atoms with Gasteiger partial charge in [0.25, 0.3) is 0 Å². The molecule has 1 aromatic heterocycles. The van der Waals surface area contributed by atoms with Crippen LogP contribution >= 0.6 is 0 Å². The zero-order valence-corrected chi connectivity index (χ0v) is 13.2. The molecule has 4 heteroatoms. The second-order valence-electron chi connectivity index (χ2n) is 5.47. The first-order chi connectivity index (χ1) is 11.8. The molecule has 0 fully saturated rings. The lowest BCUT2D eigenvalue weighted by Gasteiger charge is -2.07. The van der Waals surface area contributed by atoms with Gasteiger partial charge in [-0.15, -0.1) is 0 Å². The highest BCUT2D eigenvalue weighted by Gasteiger charge is 2.09. The van der Waals surface area contributed by atoms with Gasteiger partial charge < -0.3 is 9.15 Å². The van der Waals surface area contributed by atoms with Crippen LogP contribution in [0.15, 0.2) is 64.0 Å². The fraction of sp³-hybridized carbons (Fsp3) is 0.200. The van der Waals surface area contributed by atoms with Crippen LogP contribution in [0.25, 0.3) is 22.1 Å². The van der Waals surface area contributed by atoms with Crippen LogP contribution in [0, 0.1) is 11.3 Å². The average molecular weight is 319 g/mol. The van der Waals surface area contributed by atoms with Crippen molar-refractivity contribution in [1.29, 1.82) is 5.26 Å². The standard InChI is InChI=1S/C20H17NO3/c21-11-5-2-6-12-23-16-9-10-17-19(13-16)24-14-18(20(17)22)15-7-3-1-4-8-15/h1,3-4,7-10,13-14H,2,5-6,12H2. The summed E-state index contributed by atoms with van der Waals surface area (Å²) in [5.74, 6) is 0.662. The summed E-state index contributed by atoms with van der Waals surface area (Å²) in [5.41, 5.74) is 1.84. The van der Waals surface area contributed by atoms with E-state index in [9.17, 15) is 4.79 Å². The predicted octanol–water partition coefficient (Wildman–Crippen LogP) is 4.53. The van der Waals surface area contributed by atoms with Gasteiger partial charge in [-0.3, -0.25) is 4.79 Å². The summed E-state index contributed by atoms with van der Waals surface area (Å²) < 4.78 is 11.3. The van der Waals surface area contributed by atoms with Crippen LogP contribution in [-0.2, 0) is 0 Å². The van der Waals surface area contributed by atoms with Crippen LogP contribution in [0.1, 0.15) is 19.3 Å². The smallest absolute Gasteiger partial charge is 0.200 e. The molecule has 0 saturated carbocycles. The summed E-state index contributed by atoms with van der Waals surface area (Å²) in [6.07, 6.45) is 3.68. The minimum Gasteiger partial charge on any atom is -0.493 e.